The second-order valence-corrected chi connectivity index (χ2v) is 18.0. The predicted molar refractivity (Wildman–Crippen MR) is 32.8 cm³/mol. The molecule has 0 aromatic heterocycles. The van der Waals surface area contributed by atoms with Crippen LogP contribution >= 0.6 is 30.2 Å². The summed E-state index contributed by atoms with van der Waals surface area (Å²) in [6.45, 7) is 0. The van der Waals surface area contributed by atoms with E-state index < -0.39 is 14.5 Å². The fourth-order valence-corrected chi connectivity index (χ4v) is 0. The van der Waals surface area contributed by atoms with Gasteiger partial charge in [0.15, 0.2) is 0 Å². The molecule has 0 fully saturated rings. The monoisotopic (exact) mass is 324 g/mol. The minimum atomic E-state index is -5.37. The van der Waals surface area contributed by atoms with Gasteiger partial charge < -0.3 is 0 Å². The van der Waals surface area contributed by atoms with E-state index in [4.69, 9.17) is 0 Å². The van der Waals surface area contributed by atoms with Gasteiger partial charge in [0, 0.05) is 0 Å². The molecule has 8 heavy (non-hydrogen) atoms. The molecule has 0 aromatic rings. The zero-order valence-corrected chi connectivity index (χ0v) is 8.28. The molecule has 1 unspecified atom stereocenters. The molecule has 1 atom stereocenters. The van der Waals surface area contributed by atoms with E-state index in [0.29, 0.717) is 20.2 Å². The van der Waals surface area contributed by atoms with Crippen molar-refractivity contribution in [1.82, 2.24) is 0 Å². The van der Waals surface area contributed by atoms with Gasteiger partial charge in [-0.15, -0.1) is 0 Å². The van der Waals surface area contributed by atoms with Crippen molar-refractivity contribution in [3.05, 3.63) is 0 Å². The van der Waals surface area contributed by atoms with Crippen LogP contribution in [0.25, 0.3) is 0 Å². The summed E-state index contributed by atoms with van der Waals surface area (Å²) >= 11 is 0.645. The summed E-state index contributed by atoms with van der Waals surface area (Å²) in [6.07, 6.45) is 0. The molecule has 7 heteroatoms. The van der Waals surface area contributed by atoms with Crippen LogP contribution in [0.2, 0.25) is 0 Å². The van der Waals surface area contributed by atoms with E-state index in [1.54, 1.807) is 0 Å². The van der Waals surface area contributed by atoms with Gasteiger partial charge in [-0.25, -0.2) is 0 Å². The van der Waals surface area contributed by atoms with Gasteiger partial charge in [-0.3, -0.25) is 0 Å². The van der Waals surface area contributed by atoms with Crippen LogP contribution in [-0.2, 0) is 0 Å². The Kier molecular flexibility index (Phi) is 2.89. The van der Waals surface area contributed by atoms with Crippen LogP contribution in [0, 0.1) is 0 Å². The SMILES string of the molecule is F[C](F)(F)[Ge]([F])([Cl])[I]. The standard InChI is InChI=1S/CClF4GeI/c2-7(6,8)1(3,4)5. The fraction of sp³-hybridized carbons (Fsp3) is 1.00. The maximum atomic E-state index is 11.7. The molecule has 0 nitrogen and oxygen atoms in total. The van der Waals surface area contributed by atoms with Crippen molar-refractivity contribution < 1.29 is 16.7 Å². The van der Waals surface area contributed by atoms with Crippen molar-refractivity contribution in [3.63, 3.8) is 0 Å². The Hall–Kier alpha value is 1.28. The molecule has 0 N–H and O–H groups in total. The minimum absolute atomic E-state index is 0.645. The van der Waals surface area contributed by atoms with Gasteiger partial charge in [0.2, 0.25) is 0 Å². The van der Waals surface area contributed by atoms with Crippen molar-refractivity contribution in [1.29, 1.82) is 0 Å². The van der Waals surface area contributed by atoms with Crippen molar-refractivity contribution in [2.75, 3.05) is 0 Å². The molecule has 0 aliphatic rings. The normalized spacial score (nSPS) is 20.2. The summed E-state index contributed by atoms with van der Waals surface area (Å²) in [6, 6.07) is 0. The maximum absolute atomic E-state index is 11.7. The topological polar surface area (TPSA) is 0 Å². The van der Waals surface area contributed by atoms with Crippen molar-refractivity contribution >= 4 is 39.7 Å². The van der Waals surface area contributed by atoms with Crippen molar-refractivity contribution in [3.8, 4) is 0 Å². The molecule has 0 bridgehead atoms. The number of hydrogen-bond donors (Lipinski definition) is 0. The van der Waals surface area contributed by atoms with Gasteiger partial charge in [0.05, 0.1) is 0 Å². The van der Waals surface area contributed by atoms with E-state index >= 15 is 0 Å². The molecule has 0 aromatic carbocycles. The first-order valence-electron chi connectivity index (χ1n) is 1.38. The van der Waals surface area contributed by atoms with Crippen LogP contribution in [0.1, 0.15) is 0 Å². The Morgan fingerprint density at radius 3 is 1.50 bits per heavy atom. The van der Waals surface area contributed by atoms with E-state index in [0.717, 1.165) is 0 Å². The fourth-order valence-electron chi connectivity index (χ4n) is 0. The van der Waals surface area contributed by atoms with Crippen LogP contribution in [0.15, 0.2) is 0 Å². The molecular formula is CClF4GeI. The van der Waals surface area contributed by atoms with Gasteiger partial charge in [0.1, 0.15) is 0 Å². The second kappa shape index (κ2) is 2.49. The summed E-state index contributed by atoms with van der Waals surface area (Å²) in [4.78, 5) is 0. The number of halogens is 6. The van der Waals surface area contributed by atoms with E-state index in [1.807, 2.05) is 0 Å². The average Bonchev–Trinajstić information content (AvgIpc) is 1.25. The van der Waals surface area contributed by atoms with E-state index in [9.17, 15) is 16.7 Å². The zero-order valence-electron chi connectivity index (χ0n) is 3.27. The average molecular weight is 323 g/mol. The summed E-state index contributed by atoms with van der Waals surface area (Å²) in [7, 11) is -0.979. The molecule has 0 aliphatic heterocycles. The first-order valence-corrected chi connectivity index (χ1v) is 12.4. The van der Waals surface area contributed by atoms with Crippen LogP contribution in [-0.4, -0.2) is 14.5 Å². The van der Waals surface area contributed by atoms with Gasteiger partial charge >= 0.3 is 61.4 Å². The zero-order chi connectivity index (χ0) is 7.00. The molecule has 0 radical (unpaired) electrons. The van der Waals surface area contributed by atoms with Crippen LogP contribution < -0.4 is 0 Å². The van der Waals surface area contributed by atoms with Crippen LogP contribution in [0.3, 0.4) is 0 Å². The number of hydrogen-bond acceptors (Lipinski definition) is 0. The van der Waals surface area contributed by atoms with E-state index in [1.165, 1.54) is 0 Å². The molecule has 0 saturated carbocycles. The third-order valence-electron chi connectivity index (χ3n) is 0.321. The van der Waals surface area contributed by atoms with Gasteiger partial charge in [-0.1, -0.05) is 0 Å². The Morgan fingerprint density at radius 2 is 1.50 bits per heavy atom. The predicted octanol–water partition coefficient (Wildman–Crippen LogP) is 2.67. The van der Waals surface area contributed by atoms with E-state index in [2.05, 4.69) is 10.0 Å². The van der Waals surface area contributed by atoms with Crippen LogP contribution in [0.5, 0.6) is 0 Å². The molecule has 0 aliphatic carbocycles. The van der Waals surface area contributed by atoms with E-state index in [-0.39, 0.29) is 0 Å². The Labute approximate surface area is 61.2 Å². The summed E-state index contributed by atoms with van der Waals surface area (Å²) < 4.78 is 45.1. The third-order valence-corrected chi connectivity index (χ3v) is 5.96. The molecule has 0 amide bonds. The Morgan fingerprint density at radius 1 is 1.38 bits per heavy atom. The van der Waals surface area contributed by atoms with Crippen LogP contribution in [0.4, 0.5) is 16.7 Å². The molecular weight excluding hydrogens is 323 g/mol. The number of alkyl halides is 3. The van der Waals surface area contributed by atoms with Gasteiger partial charge in [-0.05, 0) is 0 Å². The Bertz CT molecular complexity index is 71.0. The summed E-state index contributed by atoms with van der Waals surface area (Å²) in [5, 5.41) is -4.79. The Balaban J connectivity index is 4.02. The van der Waals surface area contributed by atoms with Gasteiger partial charge in [-0.2, -0.15) is 0 Å². The molecule has 0 heterocycles. The number of rotatable bonds is 0. The summed E-state index contributed by atoms with van der Waals surface area (Å²) in [5.74, 6) is 0. The first kappa shape index (κ1) is 9.28. The molecule has 0 rings (SSSR count). The summed E-state index contributed by atoms with van der Waals surface area (Å²) in [5.41, 5.74) is 0. The molecule has 50 valence electrons. The molecule has 0 spiro atoms. The van der Waals surface area contributed by atoms with Gasteiger partial charge in [0.25, 0.3) is 0 Å². The quantitative estimate of drug-likeness (QED) is 0.365. The van der Waals surface area contributed by atoms with Crippen molar-refractivity contribution in [2.24, 2.45) is 0 Å². The second-order valence-electron chi connectivity index (χ2n) is 0.996. The first-order chi connectivity index (χ1) is 3.25. The third kappa shape index (κ3) is 2.72. The van der Waals surface area contributed by atoms with Crippen molar-refractivity contribution in [2.45, 2.75) is 5.01 Å². The molecule has 0 saturated heterocycles.